The predicted molar refractivity (Wildman–Crippen MR) is 67.4 cm³/mol. The van der Waals surface area contributed by atoms with Crippen LogP contribution in [0.3, 0.4) is 0 Å². The van der Waals surface area contributed by atoms with Crippen LogP contribution in [0.4, 0.5) is 0 Å². The van der Waals surface area contributed by atoms with Crippen LogP contribution in [0.25, 0.3) is 0 Å². The molecule has 0 heterocycles. The van der Waals surface area contributed by atoms with E-state index in [1.54, 1.807) is 0 Å². The summed E-state index contributed by atoms with van der Waals surface area (Å²) in [6.45, 7) is 4.03. The standard InChI is InChI=1S/C15H18O/c1-3-4-6-9-13(2)12-15(16)14-10-7-5-8-11-14/h3-11,13H,12H2,1-2H3/t13-/m1/s1. The first-order valence-electron chi connectivity index (χ1n) is 5.61. The molecule has 1 rings (SSSR count). The molecule has 0 saturated heterocycles. The van der Waals surface area contributed by atoms with Gasteiger partial charge in [-0.3, -0.25) is 4.79 Å². The average molecular weight is 214 g/mol. The van der Waals surface area contributed by atoms with Crippen LogP contribution in [-0.2, 0) is 0 Å². The second-order valence-electron chi connectivity index (χ2n) is 3.88. The number of carbonyl (C=O) groups is 1. The third-order valence-corrected chi connectivity index (χ3v) is 2.35. The van der Waals surface area contributed by atoms with Crippen LogP contribution in [0.15, 0.2) is 30.3 Å². The minimum absolute atomic E-state index is 0.207. The Balaban J connectivity index is 2.34. The zero-order valence-electron chi connectivity index (χ0n) is 9.89. The number of carbonyl (C=O) groups excluding carboxylic acids is 1. The monoisotopic (exact) mass is 214 g/mol. The van der Waals surface area contributed by atoms with Crippen LogP contribution in [0.5, 0.6) is 0 Å². The highest BCUT2D eigenvalue weighted by molar-refractivity contribution is 5.96. The number of benzene rings is 1. The molecular formula is C15H18O. The minimum Gasteiger partial charge on any atom is -0.294 e. The maximum atomic E-state index is 11.8. The maximum Gasteiger partial charge on any atom is 0.163 e. The molecule has 0 aliphatic heterocycles. The van der Waals surface area contributed by atoms with Crippen molar-refractivity contribution in [1.29, 1.82) is 0 Å². The highest BCUT2D eigenvalue weighted by Crippen LogP contribution is 2.14. The number of hydrogen-bond donors (Lipinski definition) is 0. The van der Waals surface area contributed by atoms with Gasteiger partial charge in [0.15, 0.2) is 5.78 Å². The van der Waals surface area contributed by atoms with Gasteiger partial charge in [0, 0.05) is 12.0 Å². The zero-order chi connectivity index (χ0) is 11.8. The first-order chi connectivity index (χ1) is 7.74. The highest BCUT2D eigenvalue weighted by atomic mass is 16.1. The summed E-state index contributed by atoms with van der Waals surface area (Å²) in [5.41, 5.74) is 0.800. The number of ketones is 1. The van der Waals surface area contributed by atoms with E-state index in [4.69, 9.17) is 0 Å². The van der Waals surface area contributed by atoms with Gasteiger partial charge in [0.1, 0.15) is 0 Å². The van der Waals surface area contributed by atoms with Gasteiger partial charge in [-0.1, -0.05) is 44.2 Å². The molecule has 0 unspecified atom stereocenters. The summed E-state index contributed by atoms with van der Waals surface area (Å²) in [6, 6.07) is 9.45. The van der Waals surface area contributed by atoms with Crippen molar-refractivity contribution >= 4 is 5.78 Å². The van der Waals surface area contributed by atoms with Crippen LogP contribution in [0.1, 0.15) is 30.6 Å². The van der Waals surface area contributed by atoms with Crippen molar-refractivity contribution in [3.8, 4) is 0 Å². The molecule has 1 nitrogen and oxygen atoms in total. The minimum atomic E-state index is 0.207. The van der Waals surface area contributed by atoms with Gasteiger partial charge in [0.25, 0.3) is 0 Å². The number of rotatable bonds is 7. The Kier molecular flexibility index (Phi) is 5.84. The molecule has 0 aliphatic rings. The predicted octanol–water partition coefficient (Wildman–Crippen LogP) is 3.73. The lowest BCUT2D eigenvalue weighted by molar-refractivity contribution is 0.0970. The molecule has 0 aliphatic carbocycles. The molecule has 84 valence electrons. The van der Waals surface area contributed by atoms with E-state index in [9.17, 15) is 4.79 Å². The second kappa shape index (κ2) is 7.21. The van der Waals surface area contributed by atoms with E-state index < -0.39 is 0 Å². The van der Waals surface area contributed by atoms with Crippen LogP contribution >= 0.6 is 0 Å². The lowest BCUT2D eigenvalue weighted by atomic mass is 9.95. The van der Waals surface area contributed by atoms with Crippen molar-refractivity contribution in [2.45, 2.75) is 20.3 Å². The summed E-state index contributed by atoms with van der Waals surface area (Å²) in [5, 5.41) is 0. The largest absolute Gasteiger partial charge is 0.294 e. The van der Waals surface area contributed by atoms with Crippen molar-refractivity contribution in [1.82, 2.24) is 0 Å². The Labute approximate surface area is 98.9 Å². The molecular weight excluding hydrogens is 196 g/mol. The van der Waals surface area contributed by atoms with Crippen LogP contribution in [0, 0.1) is 31.6 Å². The SMILES string of the molecule is C[CH][CH][CH][CH][C@@H](C)CC(=O)c1ccccc1. The normalized spacial score (nSPS) is 12.4. The fraction of sp³-hybridized carbons (Fsp3) is 0.267. The Morgan fingerprint density at radius 1 is 1.25 bits per heavy atom. The molecule has 16 heavy (non-hydrogen) atoms. The van der Waals surface area contributed by atoms with E-state index in [2.05, 4.69) is 13.3 Å². The van der Waals surface area contributed by atoms with E-state index >= 15 is 0 Å². The van der Waals surface area contributed by atoms with Gasteiger partial charge in [-0.15, -0.1) is 0 Å². The fourth-order valence-electron chi connectivity index (χ4n) is 1.47. The summed E-state index contributed by atoms with van der Waals surface area (Å²) in [7, 11) is 0. The molecule has 1 aromatic rings. The molecule has 1 aromatic carbocycles. The van der Waals surface area contributed by atoms with E-state index in [-0.39, 0.29) is 11.7 Å². The summed E-state index contributed by atoms with van der Waals surface area (Å²) >= 11 is 0. The van der Waals surface area contributed by atoms with Gasteiger partial charge >= 0.3 is 0 Å². The Morgan fingerprint density at radius 2 is 1.94 bits per heavy atom. The fourth-order valence-corrected chi connectivity index (χ4v) is 1.47. The topological polar surface area (TPSA) is 17.1 Å². The van der Waals surface area contributed by atoms with E-state index in [0.717, 1.165) is 5.56 Å². The molecule has 0 bridgehead atoms. The molecule has 0 spiro atoms. The van der Waals surface area contributed by atoms with Crippen LogP contribution < -0.4 is 0 Å². The first kappa shape index (κ1) is 13.0. The van der Waals surface area contributed by atoms with E-state index in [1.165, 1.54) is 0 Å². The molecule has 1 heteroatoms. The average Bonchev–Trinajstić information content (AvgIpc) is 2.30. The smallest absolute Gasteiger partial charge is 0.163 e. The molecule has 0 N–H and O–H groups in total. The van der Waals surface area contributed by atoms with Crippen molar-refractivity contribution in [3.05, 3.63) is 61.6 Å². The molecule has 0 amide bonds. The van der Waals surface area contributed by atoms with Gasteiger partial charge in [0.2, 0.25) is 0 Å². The summed E-state index contributed by atoms with van der Waals surface area (Å²) in [5.74, 6) is 0.488. The van der Waals surface area contributed by atoms with Crippen molar-refractivity contribution in [3.63, 3.8) is 0 Å². The highest BCUT2D eigenvalue weighted by Gasteiger charge is 2.10. The molecule has 0 aromatic heterocycles. The molecule has 1 atom stereocenters. The third kappa shape index (κ3) is 4.61. The zero-order valence-corrected chi connectivity index (χ0v) is 9.89. The van der Waals surface area contributed by atoms with E-state index in [0.29, 0.717) is 6.42 Å². The van der Waals surface area contributed by atoms with Gasteiger partial charge < -0.3 is 0 Å². The van der Waals surface area contributed by atoms with Crippen LogP contribution in [-0.4, -0.2) is 5.78 Å². The second-order valence-corrected chi connectivity index (χ2v) is 3.88. The lowest BCUT2D eigenvalue weighted by Crippen LogP contribution is -2.06. The van der Waals surface area contributed by atoms with Gasteiger partial charge in [-0.05, 0) is 31.6 Å². The molecule has 0 fully saturated rings. The molecule has 4 radical (unpaired) electrons. The quantitative estimate of drug-likeness (QED) is 0.499. The van der Waals surface area contributed by atoms with Crippen LogP contribution in [0.2, 0.25) is 0 Å². The Hall–Kier alpha value is -1.11. The Bertz CT molecular complexity index is 302. The Morgan fingerprint density at radius 3 is 2.56 bits per heavy atom. The van der Waals surface area contributed by atoms with Gasteiger partial charge in [0.05, 0.1) is 0 Å². The van der Waals surface area contributed by atoms with Gasteiger partial charge in [-0.25, -0.2) is 0 Å². The summed E-state index contributed by atoms with van der Waals surface area (Å²) in [4.78, 5) is 11.8. The van der Waals surface area contributed by atoms with Crippen molar-refractivity contribution in [2.24, 2.45) is 5.92 Å². The number of Topliss-reactive ketones (excluding diaryl/α,β-unsaturated/α-hetero) is 1. The number of unbranched alkanes of at least 4 members (excludes halogenated alkanes) is 2. The van der Waals surface area contributed by atoms with E-state index in [1.807, 2.05) is 56.5 Å². The summed E-state index contributed by atoms with van der Waals surface area (Å²) in [6.07, 6.45) is 8.56. The van der Waals surface area contributed by atoms with Crippen molar-refractivity contribution < 1.29 is 4.79 Å². The molecule has 0 saturated carbocycles. The van der Waals surface area contributed by atoms with Crippen molar-refractivity contribution in [2.75, 3.05) is 0 Å². The maximum absolute atomic E-state index is 11.8. The lowest BCUT2D eigenvalue weighted by Gasteiger charge is -2.09. The first-order valence-corrected chi connectivity index (χ1v) is 5.61. The summed E-state index contributed by atoms with van der Waals surface area (Å²) < 4.78 is 0. The number of hydrogen-bond acceptors (Lipinski definition) is 1. The van der Waals surface area contributed by atoms with Gasteiger partial charge in [-0.2, -0.15) is 0 Å². The third-order valence-electron chi connectivity index (χ3n) is 2.35.